The average molecular weight is 509 g/mol. The van der Waals surface area contributed by atoms with Crippen molar-refractivity contribution >= 4 is 56.2 Å². The molecule has 26 heavy (non-hydrogen) atoms. The number of hydrogen-bond donors (Lipinski definition) is 0. The molecule has 0 saturated heterocycles. The summed E-state index contributed by atoms with van der Waals surface area (Å²) in [5.74, 6) is 0. The molecule has 0 fully saturated rings. The predicted molar refractivity (Wildman–Crippen MR) is 114 cm³/mol. The Hall–Kier alpha value is -1.51. The van der Waals surface area contributed by atoms with Crippen LogP contribution in [0, 0.1) is 0 Å². The normalized spacial score (nSPS) is 16.3. The van der Waals surface area contributed by atoms with Crippen LogP contribution in [0.15, 0.2) is 84.9 Å². The summed E-state index contributed by atoms with van der Waals surface area (Å²) in [4.78, 5) is 0. The van der Waals surface area contributed by atoms with Gasteiger partial charge in [0.05, 0.1) is 0 Å². The molecule has 2 heteroatoms. The summed E-state index contributed by atoms with van der Waals surface area (Å²) in [6.45, 7) is 0. The molecular formula is C24H18AsTe+. The van der Waals surface area contributed by atoms with Crippen LogP contribution < -0.4 is 16.7 Å². The molecule has 0 nitrogen and oxygen atoms in total. The molecular weight excluding hydrogens is 491 g/mol. The van der Waals surface area contributed by atoms with Gasteiger partial charge in [-0.05, 0) is 0 Å². The van der Waals surface area contributed by atoms with Crippen LogP contribution in [0.2, 0.25) is 0 Å². The second-order valence-corrected chi connectivity index (χ2v) is 25.3. The van der Waals surface area contributed by atoms with Crippen LogP contribution in [0.25, 0.3) is 10.8 Å². The second-order valence-electron chi connectivity index (χ2n) is 7.09. The van der Waals surface area contributed by atoms with Gasteiger partial charge in [0.2, 0.25) is 0 Å². The van der Waals surface area contributed by atoms with Crippen molar-refractivity contribution in [2.75, 3.05) is 0 Å². The molecule has 0 radical (unpaired) electrons. The first kappa shape index (κ1) is 15.5. The standard InChI is InChI=1S/C24H18AsTe/c1-3-7-19(8-4-1)25(20-9-5-2-6-10-20)21-15-13-17-11-12-18-14-16-22(26-25)24(21)23(17)18/h1-10,13-16H,11-12H2/q+1. The Labute approximate surface area is 164 Å². The minimum absolute atomic E-state index is 0.276. The summed E-state index contributed by atoms with van der Waals surface area (Å²) in [6.07, 6.45) is 2.45. The van der Waals surface area contributed by atoms with Crippen LogP contribution in [0.3, 0.4) is 0 Å². The van der Waals surface area contributed by atoms with Crippen LogP contribution in [0.4, 0.5) is 0 Å². The van der Waals surface area contributed by atoms with E-state index in [2.05, 4.69) is 84.9 Å². The van der Waals surface area contributed by atoms with Gasteiger partial charge in [-0.3, -0.25) is 0 Å². The summed E-state index contributed by atoms with van der Waals surface area (Å²) < 4.78 is 6.70. The van der Waals surface area contributed by atoms with Gasteiger partial charge in [0, 0.05) is 0 Å². The molecule has 0 saturated carbocycles. The summed E-state index contributed by atoms with van der Waals surface area (Å²) >= 11 is -0.276. The zero-order valence-corrected chi connectivity index (χ0v) is 18.6. The van der Waals surface area contributed by atoms with Crippen LogP contribution in [0.1, 0.15) is 11.1 Å². The molecule has 6 rings (SSSR count). The van der Waals surface area contributed by atoms with Crippen molar-refractivity contribution in [3.63, 3.8) is 0 Å². The predicted octanol–water partition coefficient (Wildman–Crippen LogP) is 2.25. The molecule has 0 amide bonds. The van der Waals surface area contributed by atoms with E-state index in [4.69, 9.17) is 0 Å². The van der Waals surface area contributed by atoms with Crippen molar-refractivity contribution in [1.82, 2.24) is 0 Å². The molecule has 1 heterocycles. The third kappa shape index (κ3) is 1.98. The van der Waals surface area contributed by atoms with E-state index in [9.17, 15) is 0 Å². The number of benzene rings is 4. The van der Waals surface area contributed by atoms with Gasteiger partial charge in [-0.15, -0.1) is 0 Å². The minimum atomic E-state index is -2.33. The molecule has 0 atom stereocenters. The maximum absolute atomic E-state index is 2.53. The molecule has 0 aromatic heterocycles. The third-order valence-corrected chi connectivity index (χ3v) is 30.4. The van der Waals surface area contributed by atoms with Gasteiger partial charge < -0.3 is 0 Å². The monoisotopic (exact) mass is 511 g/mol. The van der Waals surface area contributed by atoms with E-state index in [1.54, 1.807) is 38.6 Å². The number of hydrogen-bond acceptors (Lipinski definition) is 0. The van der Waals surface area contributed by atoms with E-state index in [0.717, 1.165) is 0 Å². The summed E-state index contributed by atoms with van der Waals surface area (Å²) in [5.41, 5.74) is 3.18. The van der Waals surface area contributed by atoms with E-state index < -0.39 is 10.3 Å². The first-order valence-electron chi connectivity index (χ1n) is 9.16. The molecule has 0 spiro atoms. The van der Waals surface area contributed by atoms with Crippen molar-refractivity contribution < 1.29 is 0 Å². The average Bonchev–Trinajstić information content (AvgIpc) is 3.28. The molecule has 0 unspecified atom stereocenters. The Kier molecular flexibility index (Phi) is 3.43. The van der Waals surface area contributed by atoms with E-state index in [0.29, 0.717) is 0 Å². The quantitative estimate of drug-likeness (QED) is 0.364. The van der Waals surface area contributed by atoms with Gasteiger partial charge in [0.15, 0.2) is 0 Å². The van der Waals surface area contributed by atoms with Crippen LogP contribution in [0.5, 0.6) is 0 Å². The van der Waals surface area contributed by atoms with Crippen molar-refractivity contribution in [3.05, 3.63) is 96.1 Å². The van der Waals surface area contributed by atoms with Gasteiger partial charge in [-0.25, -0.2) is 0 Å². The Bertz CT molecular complexity index is 1100. The first-order chi connectivity index (χ1) is 12.9. The second kappa shape index (κ2) is 5.74. The fraction of sp³-hybridized carbons (Fsp3) is 0.0833. The SMILES string of the molecule is c1ccc([As+]2(c3ccccc3)[Te]c3ccc4c5c(ccc2c35)CC4)cc1. The van der Waals surface area contributed by atoms with Crippen LogP contribution >= 0.6 is 0 Å². The fourth-order valence-electron chi connectivity index (χ4n) is 4.62. The first-order valence-corrected chi connectivity index (χ1v) is 19.3. The summed E-state index contributed by atoms with van der Waals surface area (Å²) in [6, 6.07) is 32.9. The molecule has 2 aliphatic rings. The van der Waals surface area contributed by atoms with Crippen molar-refractivity contribution in [1.29, 1.82) is 0 Å². The van der Waals surface area contributed by atoms with Crippen LogP contribution in [-0.2, 0) is 12.8 Å². The molecule has 4 aromatic rings. The molecule has 4 aromatic carbocycles. The summed E-state index contributed by atoms with van der Waals surface area (Å²) in [7, 11) is -2.33. The van der Waals surface area contributed by atoms with Crippen molar-refractivity contribution in [3.8, 4) is 0 Å². The van der Waals surface area contributed by atoms with Crippen molar-refractivity contribution in [2.24, 2.45) is 0 Å². The van der Waals surface area contributed by atoms with Crippen molar-refractivity contribution in [2.45, 2.75) is 12.8 Å². The van der Waals surface area contributed by atoms with Gasteiger partial charge in [0.1, 0.15) is 0 Å². The molecule has 1 aliphatic carbocycles. The van der Waals surface area contributed by atoms with Gasteiger partial charge in [-0.2, -0.15) is 0 Å². The summed E-state index contributed by atoms with van der Waals surface area (Å²) in [5, 5.41) is 3.29. The number of rotatable bonds is 2. The Morgan fingerprint density at radius 2 is 1.15 bits per heavy atom. The van der Waals surface area contributed by atoms with E-state index in [1.165, 1.54) is 12.8 Å². The van der Waals surface area contributed by atoms with E-state index >= 15 is 0 Å². The zero-order chi connectivity index (χ0) is 17.1. The third-order valence-electron chi connectivity index (χ3n) is 5.75. The van der Waals surface area contributed by atoms with E-state index in [-0.39, 0.29) is 18.5 Å². The molecule has 0 bridgehead atoms. The molecule has 1 aliphatic heterocycles. The fourth-order valence-corrected chi connectivity index (χ4v) is 30.6. The number of aryl methyl sites for hydroxylation is 2. The topological polar surface area (TPSA) is 0 Å². The molecule has 124 valence electrons. The molecule has 0 N–H and O–H groups in total. The van der Waals surface area contributed by atoms with E-state index in [1.807, 2.05) is 0 Å². The van der Waals surface area contributed by atoms with Crippen LogP contribution in [-0.4, -0.2) is 28.7 Å². The Morgan fingerprint density at radius 1 is 0.577 bits per heavy atom. The Balaban J connectivity index is 1.76. The van der Waals surface area contributed by atoms with Gasteiger partial charge in [0.25, 0.3) is 0 Å². The maximum atomic E-state index is 2.53. The van der Waals surface area contributed by atoms with Gasteiger partial charge >= 0.3 is 165 Å². The zero-order valence-electron chi connectivity index (χ0n) is 14.4. The van der Waals surface area contributed by atoms with Gasteiger partial charge in [-0.1, -0.05) is 0 Å². The Morgan fingerprint density at radius 3 is 1.77 bits per heavy atom.